The summed E-state index contributed by atoms with van der Waals surface area (Å²) in [6.45, 7) is 0.431. The third-order valence-electron chi connectivity index (χ3n) is 2.27. The molecular weight excluding hydrogens is 218 g/mol. The van der Waals surface area contributed by atoms with Gasteiger partial charge >= 0.3 is 0 Å². The predicted molar refractivity (Wildman–Crippen MR) is 52.0 cm³/mol. The first kappa shape index (κ1) is 8.82. The topological polar surface area (TPSA) is 56.5 Å². The molecule has 3 rings (SSSR count). The van der Waals surface area contributed by atoms with Crippen LogP contribution >= 0.6 is 11.6 Å². The first-order valence-electron chi connectivity index (χ1n) is 4.41. The van der Waals surface area contributed by atoms with Crippen LogP contribution in [0.1, 0.15) is 16.2 Å². The van der Waals surface area contributed by atoms with Crippen LogP contribution < -0.4 is 0 Å². The molecule has 0 radical (unpaired) electrons. The summed E-state index contributed by atoms with van der Waals surface area (Å²) in [6, 6.07) is 3.36. The Hall–Kier alpha value is -1.46. The van der Waals surface area contributed by atoms with Crippen molar-refractivity contribution in [3.05, 3.63) is 28.7 Å². The second-order valence-corrected chi connectivity index (χ2v) is 3.64. The molecule has 76 valence electrons. The highest BCUT2D eigenvalue weighted by Gasteiger charge is 2.24. The molecule has 0 aliphatic carbocycles. The number of halogens is 1. The molecule has 2 aromatic heterocycles. The molecule has 6 heteroatoms. The van der Waals surface area contributed by atoms with Crippen molar-refractivity contribution >= 4 is 23.0 Å². The second kappa shape index (κ2) is 3.01. The third-order valence-corrected chi connectivity index (χ3v) is 2.48. The molecule has 1 aliphatic heterocycles. The Morgan fingerprint density at radius 3 is 3.13 bits per heavy atom. The van der Waals surface area contributed by atoms with E-state index in [9.17, 15) is 4.79 Å². The first-order chi connectivity index (χ1) is 7.25. The van der Waals surface area contributed by atoms with Gasteiger partial charge in [0, 0.05) is 0 Å². The van der Waals surface area contributed by atoms with Crippen molar-refractivity contribution in [2.75, 3.05) is 6.61 Å². The van der Waals surface area contributed by atoms with Crippen LogP contribution in [0.5, 0.6) is 0 Å². The van der Waals surface area contributed by atoms with Gasteiger partial charge in [-0.15, -0.1) is 0 Å². The maximum atomic E-state index is 11.5. The zero-order valence-corrected chi connectivity index (χ0v) is 8.36. The number of imidazole rings is 1. The standard InChI is InChI=1S/C9H6ClN3O2/c10-7-1-2-8-11-9-5(13(8)12-7)3-15-4-6(9)14/h1-2H,3-4H2. The summed E-state index contributed by atoms with van der Waals surface area (Å²) in [6.07, 6.45) is 0. The lowest BCUT2D eigenvalue weighted by Crippen LogP contribution is -2.19. The SMILES string of the molecule is O=C1COCc2c1nc1ccc(Cl)nn21. The van der Waals surface area contributed by atoms with E-state index in [1.54, 1.807) is 16.6 Å². The van der Waals surface area contributed by atoms with Crippen molar-refractivity contribution < 1.29 is 9.53 Å². The van der Waals surface area contributed by atoms with Crippen molar-refractivity contribution in [3.63, 3.8) is 0 Å². The highest BCUT2D eigenvalue weighted by molar-refractivity contribution is 6.29. The van der Waals surface area contributed by atoms with Gasteiger partial charge in [-0.25, -0.2) is 9.50 Å². The van der Waals surface area contributed by atoms with Crippen LogP contribution in [0.3, 0.4) is 0 Å². The van der Waals surface area contributed by atoms with Gasteiger partial charge in [0.1, 0.15) is 17.5 Å². The van der Waals surface area contributed by atoms with Gasteiger partial charge in [0.15, 0.2) is 5.65 Å². The van der Waals surface area contributed by atoms with Crippen molar-refractivity contribution in [2.24, 2.45) is 0 Å². The average Bonchev–Trinajstić information content (AvgIpc) is 2.58. The second-order valence-electron chi connectivity index (χ2n) is 3.25. The fraction of sp³-hybridized carbons (Fsp3) is 0.222. The van der Waals surface area contributed by atoms with Crippen LogP contribution in [0.25, 0.3) is 5.65 Å². The third kappa shape index (κ3) is 1.24. The molecule has 3 heterocycles. The summed E-state index contributed by atoms with van der Waals surface area (Å²) >= 11 is 5.77. The lowest BCUT2D eigenvalue weighted by atomic mass is 10.2. The minimum atomic E-state index is -0.113. The average molecular weight is 224 g/mol. The van der Waals surface area contributed by atoms with Crippen LogP contribution in [0.4, 0.5) is 0 Å². The molecule has 5 nitrogen and oxygen atoms in total. The zero-order valence-electron chi connectivity index (χ0n) is 7.61. The lowest BCUT2D eigenvalue weighted by Gasteiger charge is -2.09. The maximum Gasteiger partial charge on any atom is 0.208 e. The number of ketones is 1. The number of carbonyl (C=O) groups excluding carboxylic acids is 1. The quantitative estimate of drug-likeness (QED) is 0.671. The first-order valence-corrected chi connectivity index (χ1v) is 4.78. The Bertz CT molecular complexity index is 564. The zero-order chi connectivity index (χ0) is 10.4. The van der Waals surface area contributed by atoms with Crippen LogP contribution in [0.2, 0.25) is 5.15 Å². The summed E-state index contributed by atoms with van der Waals surface area (Å²) in [4.78, 5) is 15.7. The number of ether oxygens (including phenoxy) is 1. The normalized spacial score (nSPS) is 15.7. The van der Waals surface area contributed by atoms with E-state index in [1.807, 2.05) is 0 Å². The molecule has 0 saturated carbocycles. The highest BCUT2D eigenvalue weighted by Crippen LogP contribution is 2.18. The Kier molecular flexibility index (Phi) is 1.77. The van der Waals surface area contributed by atoms with Crippen LogP contribution in [-0.2, 0) is 11.3 Å². The van der Waals surface area contributed by atoms with E-state index in [-0.39, 0.29) is 12.4 Å². The Morgan fingerprint density at radius 1 is 1.40 bits per heavy atom. The summed E-state index contributed by atoms with van der Waals surface area (Å²) in [5.74, 6) is -0.113. The highest BCUT2D eigenvalue weighted by atomic mass is 35.5. The van der Waals surface area contributed by atoms with Crippen LogP contribution in [-0.4, -0.2) is 27.0 Å². The number of Topliss-reactive ketones (excluding diaryl/α,β-unsaturated/α-hetero) is 1. The van der Waals surface area contributed by atoms with E-state index in [0.717, 1.165) is 0 Å². The molecule has 2 aromatic rings. The monoisotopic (exact) mass is 223 g/mol. The fourth-order valence-corrected chi connectivity index (χ4v) is 1.76. The van der Waals surface area contributed by atoms with Gasteiger partial charge in [0.25, 0.3) is 0 Å². The minimum absolute atomic E-state index is 0.0879. The number of rotatable bonds is 0. The van der Waals surface area contributed by atoms with Gasteiger partial charge in [-0.3, -0.25) is 4.79 Å². The fourth-order valence-electron chi connectivity index (χ4n) is 1.62. The molecule has 0 saturated heterocycles. The predicted octanol–water partition coefficient (Wildman–Crippen LogP) is 1.10. The van der Waals surface area contributed by atoms with E-state index >= 15 is 0 Å². The molecule has 0 aromatic carbocycles. The smallest absolute Gasteiger partial charge is 0.208 e. The molecule has 0 atom stereocenters. The summed E-state index contributed by atoms with van der Waals surface area (Å²) in [5, 5.41) is 4.43. The minimum Gasteiger partial charge on any atom is -0.367 e. The number of nitrogens with zero attached hydrogens (tertiary/aromatic N) is 3. The maximum absolute atomic E-state index is 11.5. The van der Waals surface area contributed by atoms with E-state index < -0.39 is 0 Å². The van der Waals surface area contributed by atoms with Gasteiger partial charge in [-0.1, -0.05) is 11.6 Å². The number of carbonyl (C=O) groups is 1. The largest absolute Gasteiger partial charge is 0.367 e. The summed E-state index contributed by atoms with van der Waals surface area (Å²) in [7, 11) is 0. The molecule has 0 fully saturated rings. The van der Waals surface area contributed by atoms with Gasteiger partial charge in [0.2, 0.25) is 5.78 Å². The van der Waals surface area contributed by atoms with Crippen molar-refractivity contribution in [2.45, 2.75) is 6.61 Å². The van der Waals surface area contributed by atoms with Gasteiger partial charge in [-0.05, 0) is 12.1 Å². The molecule has 0 amide bonds. The molecule has 0 spiro atoms. The van der Waals surface area contributed by atoms with Gasteiger partial charge in [-0.2, -0.15) is 5.10 Å². The Labute approximate surface area is 89.6 Å². The van der Waals surface area contributed by atoms with Crippen molar-refractivity contribution in [1.82, 2.24) is 14.6 Å². The van der Waals surface area contributed by atoms with Crippen molar-refractivity contribution in [1.29, 1.82) is 0 Å². The van der Waals surface area contributed by atoms with Gasteiger partial charge < -0.3 is 4.74 Å². The molecular formula is C9H6ClN3O2. The van der Waals surface area contributed by atoms with Crippen LogP contribution in [0.15, 0.2) is 12.1 Å². The number of hydrogen-bond donors (Lipinski definition) is 0. The summed E-state index contributed by atoms with van der Waals surface area (Å²) < 4.78 is 6.67. The molecule has 0 unspecified atom stereocenters. The van der Waals surface area contributed by atoms with E-state index in [0.29, 0.717) is 28.8 Å². The van der Waals surface area contributed by atoms with E-state index in [1.165, 1.54) is 0 Å². The molecule has 15 heavy (non-hydrogen) atoms. The van der Waals surface area contributed by atoms with E-state index in [4.69, 9.17) is 16.3 Å². The summed E-state index contributed by atoms with van der Waals surface area (Å²) in [5.41, 5.74) is 1.73. The Morgan fingerprint density at radius 2 is 2.27 bits per heavy atom. The lowest BCUT2D eigenvalue weighted by molar-refractivity contribution is 0.0647. The van der Waals surface area contributed by atoms with E-state index in [2.05, 4.69) is 10.1 Å². The number of fused-ring (bicyclic) bond motifs is 3. The molecule has 1 aliphatic rings. The van der Waals surface area contributed by atoms with Crippen molar-refractivity contribution in [3.8, 4) is 0 Å². The molecule has 0 N–H and O–H groups in total. The number of aromatic nitrogens is 3. The van der Waals surface area contributed by atoms with Crippen LogP contribution in [0, 0.1) is 0 Å². The Balaban J connectivity index is 2.36. The van der Waals surface area contributed by atoms with Gasteiger partial charge in [0.05, 0.1) is 12.3 Å². The molecule has 0 bridgehead atoms. The number of hydrogen-bond acceptors (Lipinski definition) is 4.